The lowest BCUT2D eigenvalue weighted by atomic mass is 10.2. The minimum atomic E-state index is -1.64. The molecule has 16 heavy (non-hydrogen) atoms. The van der Waals surface area contributed by atoms with Gasteiger partial charge in [-0.3, -0.25) is 4.79 Å². The van der Waals surface area contributed by atoms with Gasteiger partial charge in [-0.05, 0) is 13.8 Å². The van der Waals surface area contributed by atoms with Crippen molar-refractivity contribution in [2.75, 3.05) is 6.61 Å². The normalized spacial score (nSPS) is 10.4. The molecule has 0 spiro atoms. The molecule has 0 fully saturated rings. The van der Waals surface area contributed by atoms with Gasteiger partial charge in [-0.1, -0.05) is 0 Å². The Morgan fingerprint density at radius 2 is 1.50 bits per heavy atom. The zero-order valence-corrected chi connectivity index (χ0v) is 8.54. The fraction of sp³-hybridized carbons (Fsp3) is 0.300. The number of Topliss-reactive ketones (excluding diaryl/α,β-unsaturated/α-hetero) is 1. The second kappa shape index (κ2) is 4.51. The Morgan fingerprint density at radius 1 is 1.06 bits per heavy atom. The van der Waals surface area contributed by atoms with Gasteiger partial charge in [0.25, 0.3) is 0 Å². The van der Waals surface area contributed by atoms with E-state index in [-0.39, 0.29) is 0 Å². The van der Waals surface area contributed by atoms with Crippen LogP contribution in [0.4, 0.5) is 17.6 Å². The van der Waals surface area contributed by atoms with Crippen LogP contribution < -0.4 is 4.74 Å². The van der Waals surface area contributed by atoms with Crippen LogP contribution in [0.15, 0.2) is 0 Å². The van der Waals surface area contributed by atoms with Crippen molar-refractivity contribution < 1.29 is 27.1 Å². The molecule has 0 aliphatic heterocycles. The van der Waals surface area contributed by atoms with Crippen LogP contribution in [-0.4, -0.2) is 12.4 Å². The molecule has 0 N–H and O–H groups in total. The minimum absolute atomic E-state index is 0.528. The largest absolute Gasteiger partial charge is 0.480 e. The summed E-state index contributed by atoms with van der Waals surface area (Å²) in [7, 11) is 0. The first-order valence-electron chi connectivity index (χ1n) is 4.31. The molecule has 0 atom stereocenters. The smallest absolute Gasteiger partial charge is 0.204 e. The Labute approximate surface area is 88.8 Å². The number of hydrogen-bond donors (Lipinski definition) is 0. The third kappa shape index (κ3) is 2.15. The second-order valence-corrected chi connectivity index (χ2v) is 3.20. The first kappa shape index (κ1) is 12.5. The van der Waals surface area contributed by atoms with Crippen LogP contribution in [0.25, 0.3) is 0 Å². The Kier molecular flexibility index (Phi) is 3.51. The number of benzene rings is 1. The van der Waals surface area contributed by atoms with Crippen molar-refractivity contribution >= 4 is 5.78 Å². The fourth-order valence-corrected chi connectivity index (χ4v) is 1.02. The number of ether oxygens (including phenoxy) is 1. The summed E-state index contributed by atoms with van der Waals surface area (Å²) >= 11 is 0. The molecule has 6 heteroatoms. The summed E-state index contributed by atoms with van der Waals surface area (Å²) < 4.78 is 56.7. The molecule has 0 bridgehead atoms. The summed E-state index contributed by atoms with van der Waals surface area (Å²) in [5, 5.41) is 0. The molecule has 0 heterocycles. The number of carbonyl (C=O) groups is 1. The van der Waals surface area contributed by atoms with Crippen LogP contribution in [0.3, 0.4) is 0 Å². The molecule has 0 saturated heterocycles. The number of carbonyl (C=O) groups excluding carboxylic acids is 1. The molecule has 1 aromatic rings. The lowest BCUT2D eigenvalue weighted by molar-refractivity contribution is -0.119. The molecule has 1 rings (SSSR count). The first-order chi connectivity index (χ1) is 7.36. The van der Waals surface area contributed by atoms with E-state index in [4.69, 9.17) is 0 Å². The number of halogens is 4. The van der Waals surface area contributed by atoms with Crippen LogP contribution in [-0.2, 0) is 4.79 Å². The maximum Gasteiger partial charge on any atom is 0.204 e. The molecule has 0 saturated carbocycles. The molecule has 0 unspecified atom stereocenters. The first-order valence-corrected chi connectivity index (χ1v) is 4.31. The highest BCUT2D eigenvalue weighted by Gasteiger charge is 2.24. The van der Waals surface area contributed by atoms with Crippen molar-refractivity contribution in [2.24, 2.45) is 0 Å². The molecule has 88 valence electrons. The zero-order valence-electron chi connectivity index (χ0n) is 8.54. The third-order valence-electron chi connectivity index (χ3n) is 1.86. The number of hydrogen-bond acceptors (Lipinski definition) is 2. The van der Waals surface area contributed by atoms with Gasteiger partial charge in [-0.25, -0.2) is 8.78 Å². The van der Waals surface area contributed by atoms with Crippen LogP contribution in [0.1, 0.15) is 12.5 Å². The molecule has 0 amide bonds. The Balaban J connectivity index is 3.23. The van der Waals surface area contributed by atoms with Crippen molar-refractivity contribution in [3.63, 3.8) is 0 Å². The Morgan fingerprint density at radius 3 is 1.88 bits per heavy atom. The van der Waals surface area contributed by atoms with E-state index in [0.717, 1.165) is 13.8 Å². The van der Waals surface area contributed by atoms with Gasteiger partial charge in [-0.15, -0.1) is 0 Å². The maximum atomic E-state index is 13.1. The minimum Gasteiger partial charge on any atom is -0.480 e. The highest BCUT2D eigenvalue weighted by atomic mass is 19.2. The van der Waals surface area contributed by atoms with Crippen molar-refractivity contribution in [1.82, 2.24) is 0 Å². The van der Waals surface area contributed by atoms with Gasteiger partial charge >= 0.3 is 0 Å². The van der Waals surface area contributed by atoms with Gasteiger partial charge in [0.1, 0.15) is 6.61 Å². The van der Waals surface area contributed by atoms with Crippen LogP contribution >= 0.6 is 0 Å². The lowest BCUT2D eigenvalue weighted by Gasteiger charge is -2.09. The molecule has 0 radical (unpaired) electrons. The predicted molar refractivity (Wildman–Crippen MR) is 47.2 cm³/mol. The second-order valence-electron chi connectivity index (χ2n) is 3.20. The van der Waals surface area contributed by atoms with Crippen LogP contribution in [0.2, 0.25) is 0 Å². The maximum absolute atomic E-state index is 13.1. The SMILES string of the molecule is CC(=O)COc1c(F)c(F)c(C)c(F)c1F. The van der Waals surface area contributed by atoms with E-state index < -0.39 is 47.0 Å². The molecular weight excluding hydrogens is 228 g/mol. The van der Waals surface area contributed by atoms with Crippen molar-refractivity contribution in [3.05, 3.63) is 28.8 Å². The van der Waals surface area contributed by atoms with Gasteiger partial charge in [-0.2, -0.15) is 8.78 Å². The van der Waals surface area contributed by atoms with E-state index in [1.165, 1.54) is 0 Å². The Hall–Kier alpha value is -1.59. The summed E-state index contributed by atoms with van der Waals surface area (Å²) in [5.74, 6) is -8.08. The standard InChI is InChI=1S/C10H8F4O2/c1-4(15)3-16-10-8(13)6(11)5(2)7(12)9(10)14/h3H2,1-2H3. The highest BCUT2D eigenvalue weighted by molar-refractivity contribution is 5.77. The molecule has 0 aromatic heterocycles. The third-order valence-corrected chi connectivity index (χ3v) is 1.86. The fourth-order valence-electron chi connectivity index (χ4n) is 1.02. The average Bonchev–Trinajstić information content (AvgIpc) is 2.23. The van der Waals surface area contributed by atoms with Gasteiger partial charge < -0.3 is 4.74 Å². The highest BCUT2D eigenvalue weighted by Crippen LogP contribution is 2.29. The van der Waals surface area contributed by atoms with Crippen molar-refractivity contribution in [1.29, 1.82) is 0 Å². The van der Waals surface area contributed by atoms with E-state index in [9.17, 15) is 22.4 Å². The van der Waals surface area contributed by atoms with Crippen molar-refractivity contribution in [2.45, 2.75) is 13.8 Å². The summed E-state index contributed by atoms with van der Waals surface area (Å²) in [5.41, 5.74) is -0.773. The van der Waals surface area contributed by atoms with Crippen molar-refractivity contribution in [3.8, 4) is 5.75 Å². The van der Waals surface area contributed by atoms with Gasteiger partial charge in [0, 0.05) is 5.56 Å². The topological polar surface area (TPSA) is 26.3 Å². The van der Waals surface area contributed by atoms with Crippen LogP contribution in [0.5, 0.6) is 5.75 Å². The van der Waals surface area contributed by atoms with Gasteiger partial charge in [0.15, 0.2) is 23.2 Å². The number of ketones is 1. The summed E-state index contributed by atoms with van der Waals surface area (Å²) in [6.07, 6.45) is 0. The summed E-state index contributed by atoms with van der Waals surface area (Å²) in [4.78, 5) is 10.5. The molecular formula is C10H8F4O2. The quantitative estimate of drug-likeness (QED) is 0.595. The van der Waals surface area contributed by atoms with E-state index in [0.29, 0.717) is 0 Å². The lowest BCUT2D eigenvalue weighted by Crippen LogP contribution is -2.11. The van der Waals surface area contributed by atoms with E-state index >= 15 is 0 Å². The molecule has 0 aliphatic carbocycles. The average molecular weight is 236 g/mol. The number of rotatable bonds is 3. The molecule has 2 nitrogen and oxygen atoms in total. The van der Waals surface area contributed by atoms with E-state index in [2.05, 4.69) is 4.74 Å². The van der Waals surface area contributed by atoms with Gasteiger partial charge in [0.2, 0.25) is 11.6 Å². The predicted octanol–water partition coefficient (Wildman–Crippen LogP) is 2.52. The van der Waals surface area contributed by atoms with E-state index in [1.807, 2.05) is 0 Å². The summed E-state index contributed by atoms with van der Waals surface area (Å²) in [6.45, 7) is 1.35. The molecule has 1 aromatic carbocycles. The Bertz CT molecular complexity index is 414. The van der Waals surface area contributed by atoms with E-state index in [1.54, 1.807) is 0 Å². The van der Waals surface area contributed by atoms with Crippen LogP contribution in [0, 0.1) is 30.2 Å². The monoisotopic (exact) mass is 236 g/mol. The van der Waals surface area contributed by atoms with Gasteiger partial charge in [0.05, 0.1) is 0 Å². The summed E-state index contributed by atoms with van der Waals surface area (Å²) in [6, 6.07) is 0. The zero-order chi connectivity index (χ0) is 12.5. The molecule has 0 aliphatic rings.